The Morgan fingerprint density at radius 2 is 1.82 bits per heavy atom. The van der Waals surface area contributed by atoms with Crippen LogP contribution in [0.25, 0.3) is 0 Å². The van der Waals surface area contributed by atoms with Crippen LogP contribution in [-0.4, -0.2) is 57.7 Å². The smallest absolute Gasteiger partial charge is 0.261 e. The third-order valence-corrected chi connectivity index (χ3v) is 11.5. The second-order valence-corrected chi connectivity index (χ2v) is 16.2. The van der Waals surface area contributed by atoms with E-state index < -0.39 is 20.0 Å². The zero-order valence-corrected chi connectivity index (χ0v) is 26.0. The highest BCUT2D eigenvalue weighted by molar-refractivity contribution is 6.71. The van der Waals surface area contributed by atoms with Gasteiger partial charge in [-0.1, -0.05) is 60.7 Å². The Hall–Kier alpha value is -4.16. The molecule has 0 bridgehead atoms. The Morgan fingerprint density at radius 3 is 2.50 bits per heavy atom. The van der Waals surface area contributed by atoms with Crippen molar-refractivity contribution in [2.24, 2.45) is 5.92 Å². The van der Waals surface area contributed by atoms with Crippen molar-refractivity contribution in [3.05, 3.63) is 107 Å². The molecular weight excluding hydrogens is 574 g/mol. The lowest BCUT2D eigenvalue weighted by Gasteiger charge is -2.32. The molecule has 6 rings (SSSR count). The summed E-state index contributed by atoms with van der Waals surface area (Å²) in [6.45, 7) is 6.10. The number of amides is 2. The molecule has 2 amide bonds. The molecule has 11 heteroatoms. The maximum absolute atomic E-state index is 13.7. The Bertz CT molecular complexity index is 1660. The maximum Gasteiger partial charge on any atom is 0.261 e. The van der Waals surface area contributed by atoms with E-state index in [9.17, 15) is 19.5 Å². The molecule has 3 aromatic carbocycles. The number of hydrogen-bond acceptors (Lipinski definition) is 7. The van der Waals surface area contributed by atoms with Crippen LogP contribution < -0.4 is 10.6 Å². The topological polar surface area (TPSA) is 139 Å². The summed E-state index contributed by atoms with van der Waals surface area (Å²) in [6, 6.07) is 24.0. The van der Waals surface area contributed by atoms with Gasteiger partial charge in [0, 0.05) is 46.7 Å². The van der Waals surface area contributed by atoms with Crippen LogP contribution in [0.2, 0.25) is 18.6 Å². The first-order valence-electron chi connectivity index (χ1n) is 14.9. The fraction of sp³-hybridized carbons (Fsp3) is 0.333. The van der Waals surface area contributed by atoms with Crippen molar-refractivity contribution < 1.29 is 24.2 Å². The lowest BCUT2D eigenvalue weighted by molar-refractivity contribution is -0.143. The summed E-state index contributed by atoms with van der Waals surface area (Å²) in [6.07, 6.45) is 1.91. The molecule has 2 aliphatic heterocycles. The Balaban J connectivity index is 1.25. The molecule has 44 heavy (non-hydrogen) atoms. The lowest BCUT2D eigenvalue weighted by atomic mass is 9.82. The number of aliphatic hydroxyl groups is 1. The van der Waals surface area contributed by atoms with Crippen LogP contribution in [0.4, 0.5) is 11.4 Å². The number of aromatic nitrogens is 3. The molecule has 0 saturated carbocycles. The van der Waals surface area contributed by atoms with E-state index in [1.54, 1.807) is 47.1 Å². The molecule has 1 spiro atoms. The molecule has 0 radical (unpaired) electrons. The lowest BCUT2D eigenvalue weighted by Crippen LogP contribution is -2.43. The van der Waals surface area contributed by atoms with Crippen LogP contribution in [0.15, 0.2) is 85.1 Å². The second kappa shape index (κ2) is 11.7. The van der Waals surface area contributed by atoms with Crippen LogP contribution in [0.1, 0.15) is 46.4 Å². The molecule has 4 aromatic rings. The molecular formula is C33H37N5O5Si. The first-order chi connectivity index (χ1) is 21.1. The normalized spacial score (nSPS) is 23.4. The molecule has 10 nitrogen and oxygen atoms in total. The standard InChI is InChI=1S/C33H37N5O5Si/c1-21-30(44(2,3)42)29(16-17-38-19-28(36-37-38)25(20-39)22-10-6-4-7-11-22)43-33(21)26-18-24(14-15-27(26)35-32(33)41)34-31(40)23-12-8-5-9-13-23/h4-15,18-19,21,25,29-30,39,42H,16-17,20H2,1-3H3,(H,34,40)(H,35,41)/t21-,25?,29+,30-,33+/m0/s1. The summed E-state index contributed by atoms with van der Waals surface area (Å²) in [5.41, 5.74) is 2.43. The first kappa shape index (κ1) is 29.9. The zero-order valence-electron chi connectivity index (χ0n) is 25.0. The van der Waals surface area contributed by atoms with Crippen LogP contribution in [0.5, 0.6) is 0 Å². The molecule has 0 aliphatic carbocycles. The average Bonchev–Trinajstić information content (AvgIpc) is 3.68. The minimum Gasteiger partial charge on any atom is -0.432 e. The van der Waals surface area contributed by atoms with Gasteiger partial charge in [-0.3, -0.25) is 14.3 Å². The summed E-state index contributed by atoms with van der Waals surface area (Å²) in [5.74, 6) is -1.14. The van der Waals surface area contributed by atoms with Crippen molar-refractivity contribution in [3.8, 4) is 0 Å². The number of nitrogens with one attached hydrogen (secondary N) is 2. The number of hydrogen-bond donors (Lipinski definition) is 4. The van der Waals surface area contributed by atoms with E-state index in [1.807, 2.05) is 62.6 Å². The summed E-state index contributed by atoms with van der Waals surface area (Å²) in [7, 11) is -2.83. The van der Waals surface area contributed by atoms with Crippen molar-refractivity contribution in [2.75, 3.05) is 17.2 Å². The molecule has 2 aliphatic rings. The summed E-state index contributed by atoms with van der Waals surface area (Å²) >= 11 is 0. The van der Waals surface area contributed by atoms with Gasteiger partial charge in [-0.05, 0) is 55.4 Å². The molecule has 1 saturated heterocycles. The van der Waals surface area contributed by atoms with Gasteiger partial charge in [0.1, 0.15) is 0 Å². The van der Waals surface area contributed by atoms with Gasteiger partial charge in [0.05, 0.1) is 24.3 Å². The third-order valence-electron chi connectivity index (χ3n) is 8.97. The van der Waals surface area contributed by atoms with Gasteiger partial charge in [-0.15, -0.1) is 5.10 Å². The molecule has 228 valence electrons. The largest absolute Gasteiger partial charge is 0.432 e. The predicted octanol–water partition coefficient (Wildman–Crippen LogP) is 4.49. The number of anilines is 2. The van der Waals surface area contributed by atoms with E-state index in [4.69, 9.17) is 4.74 Å². The summed E-state index contributed by atoms with van der Waals surface area (Å²) < 4.78 is 8.48. The number of aliphatic hydroxyl groups excluding tert-OH is 1. The quantitative estimate of drug-likeness (QED) is 0.205. The first-order valence-corrected chi connectivity index (χ1v) is 17.9. The number of aryl methyl sites for hydroxylation is 1. The van der Waals surface area contributed by atoms with Gasteiger partial charge in [-0.2, -0.15) is 0 Å². The number of carbonyl (C=O) groups excluding carboxylic acids is 2. The van der Waals surface area contributed by atoms with E-state index in [-0.39, 0.29) is 35.8 Å². The van der Waals surface area contributed by atoms with Gasteiger partial charge < -0.3 is 25.3 Å². The van der Waals surface area contributed by atoms with Crippen LogP contribution in [-0.2, 0) is 21.7 Å². The number of carbonyl (C=O) groups is 2. The van der Waals surface area contributed by atoms with E-state index in [2.05, 4.69) is 20.9 Å². The average molecular weight is 612 g/mol. The molecule has 4 N–H and O–H groups in total. The van der Waals surface area contributed by atoms with Crippen molar-refractivity contribution in [2.45, 2.75) is 56.1 Å². The minimum absolute atomic E-state index is 0.0941. The fourth-order valence-corrected chi connectivity index (χ4v) is 9.54. The zero-order chi connectivity index (χ0) is 31.1. The second-order valence-electron chi connectivity index (χ2n) is 12.2. The SMILES string of the molecule is C[C@H]1[C@H]([Si](C)(C)O)[C@@H](CCn2cc(C(CO)c3ccccc3)nn2)O[C@]12C(=O)Nc1ccc(NC(=O)c3ccccc3)cc12. The highest BCUT2D eigenvalue weighted by Crippen LogP contribution is 2.58. The van der Waals surface area contributed by atoms with Crippen LogP contribution in [0, 0.1) is 5.92 Å². The minimum atomic E-state index is -2.83. The number of benzene rings is 3. The van der Waals surface area contributed by atoms with Gasteiger partial charge in [0.2, 0.25) is 0 Å². The van der Waals surface area contributed by atoms with Crippen molar-refractivity contribution in [1.29, 1.82) is 0 Å². The Kier molecular flexibility index (Phi) is 7.97. The van der Waals surface area contributed by atoms with E-state index in [1.165, 1.54) is 0 Å². The van der Waals surface area contributed by atoms with Gasteiger partial charge in [0.15, 0.2) is 13.9 Å². The number of fused-ring (bicyclic) bond motifs is 2. The molecule has 1 aromatic heterocycles. The van der Waals surface area contributed by atoms with Crippen LogP contribution >= 0.6 is 0 Å². The highest BCUT2D eigenvalue weighted by Gasteiger charge is 2.64. The molecule has 1 fully saturated rings. The maximum atomic E-state index is 13.7. The molecule has 5 atom stereocenters. The Morgan fingerprint density at radius 1 is 1.11 bits per heavy atom. The number of ether oxygens (including phenoxy) is 1. The monoisotopic (exact) mass is 611 g/mol. The predicted molar refractivity (Wildman–Crippen MR) is 169 cm³/mol. The third kappa shape index (κ3) is 5.36. The van der Waals surface area contributed by atoms with Gasteiger partial charge in [0.25, 0.3) is 11.8 Å². The molecule has 1 unspecified atom stereocenters. The fourth-order valence-electron chi connectivity index (χ4n) is 6.93. The van der Waals surface area contributed by atoms with E-state index in [0.29, 0.717) is 41.2 Å². The van der Waals surface area contributed by atoms with Crippen molar-refractivity contribution in [3.63, 3.8) is 0 Å². The summed E-state index contributed by atoms with van der Waals surface area (Å²) in [4.78, 5) is 38.1. The summed E-state index contributed by atoms with van der Waals surface area (Å²) in [5, 5.41) is 24.6. The van der Waals surface area contributed by atoms with E-state index >= 15 is 0 Å². The van der Waals surface area contributed by atoms with Crippen molar-refractivity contribution in [1.82, 2.24) is 15.0 Å². The Labute approximate surface area is 257 Å². The molecule has 3 heterocycles. The van der Waals surface area contributed by atoms with Gasteiger partial charge in [-0.25, -0.2) is 0 Å². The highest BCUT2D eigenvalue weighted by atomic mass is 28.4. The van der Waals surface area contributed by atoms with Crippen LogP contribution in [0.3, 0.4) is 0 Å². The number of rotatable bonds is 9. The van der Waals surface area contributed by atoms with Crippen molar-refractivity contribution >= 4 is 31.5 Å². The van der Waals surface area contributed by atoms with Gasteiger partial charge >= 0.3 is 0 Å². The van der Waals surface area contributed by atoms with E-state index in [0.717, 1.165) is 5.56 Å². The number of nitrogens with zero attached hydrogens (tertiary/aromatic N) is 3.